The minimum atomic E-state index is -0.428. The van der Waals surface area contributed by atoms with E-state index in [-0.39, 0.29) is 5.69 Å². The summed E-state index contributed by atoms with van der Waals surface area (Å²) in [6.45, 7) is 0. The SMILES string of the molecule is O=[N+]([O-])c1ccc(-c2ccc(C=Nc3ccc4c(c3)oc3ccccc34)o2)cc1. The summed E-state index contributed by atoms with van der Waals surface area (Å²) in [5.74, 6) is 1.21. The lowest BCUT2D eigenvalue weighted by Gasteiger charge is -1.96. The molecule has 0 unspecified atom stereocenters. The van der Waals surface area contributed by atoms with Gasteiger partial charge in [-0.05, 0) is 42.5 Å². The van der Waals surface area contributed by atoms with Crippen molar-refractivity contribution in [1.29, 1.82) is 0 Å². The molecular weight excluding hydrogens is 368 g/mol. The van der Waals surface area contributed by atoms with E-state index < -0.39 is 4.92 Å². The van der Waals surface area contributed by atoms with Crippen molar-refractivity contribution < 1.29 is 13.8 Å². The molecule has 0 aliphatic rings. The number of para-hydroxylation sites is 1. The Labute approximate surface area is 164 Å². The van der Waals surface area contributed by atoms with Gasteiger partial charge in [0, 0.05) is 34.5 Å². The minimum absolute atomic E-state index is 0.0445. The maximum absolute atomic E-state index is 10.8. The number of nitro groups is 1. The highest BCUT2D eigenvalue weighted by Gasteiger charge is 2.09. The fourth-order valence-electron chi connectivity index (χ4n) is 3.26. The minimum Gasteiger partial charge on any atom is -0.456 e. The molecule has 0 fully saturated rings. The van der Waals surface area contributed by atoms with Crippen LogP contribution in [0.15, 0.2) is 92.7 Å². The standard InChI is InChI=1S/C23H14N2O4/c26-25(27)17-8-5-15(6-9-17)21-12-10-18(28-21)14-24-16-7-11-20-19-3-1-2-4-22(19)29-23(20)13-16/h1-14H. The fraction of sp³-hybridized carbons (Fsp3) is 0. The van der Waals surface area contributed by atoms with E-state index in [0.29, 0.717) is 11.5 Å². The Morgan fingerprint density at radius 3 is 2.45 bits per heavy atom. The number of hydrogen-bond donors (Lipinski definition) is 0. The Hall–Kier alpha value is -4.19. The van der Waals surface area contributed by atoms with Gasteiger partial charge < -0.3 is 8.83 Å². The van der Waals surface area contributed by atoms with Gasteiger partial charge in [0.05, 0.1) is 16.8 Å². The zero-order chi connectivity index (χ0) is 19.8. The summed E-state index contributed by atoms with van der Waals surface area (Å²) in [5, 5.41) is 12.9. The van der Waals surface area contributed by atoms with Gasteiger partial charge in [0.15, 0.2) is 0 Å². The van der Waals surface area contributed by atoms with Crippen molar-refractivity contribution in [2.24, 2.45) is 4.99 Å². The van der Waals surface area contributed by atoms with E-state index in [0.717, 1.165) is 33.2 Å². The van der Waals surface area contributed by atoms with Crippen LogP contribution in [0.3, 0.4) is 0 Å². The first-order chi connectivity index (χ1) is 14.2. The molecule has 2 aromatic heterocycles. The largest absolute Gasteiger partial charge is 0.456 e. The molecule has 5 rings (SSSR count). The van der Waals surface area contributed by atoms with Crippen LogP contribution in [0.4, 0.5) is 11.4 Å². The van der Waals surface area contributed by atoms with Gasteiger partial charge in [-0.25, -0.2) is 0 Å². The van der Waals surface area contributed by atoms with Gasteiger partial charge in [-0.1, -0.05) is 18.2 Å². The molecule has 0 radical (unpaired) electrons. The molecule has 0 bridgehead atoms. The van der Waals surface area contributed by atoms with Crippen molar-refractivity contribution in [3.8, 4) is 11.3 Å². The van der Waals surface area contributed by atoms with Crippen molar-refractivity contribution >= 4 is 39.5 Å². The first kappa shape index (κ1) is 16.9. The van der Waals surface area contributed by atoms with Crippen LogP contribution < -0.4 is 0 Å². The molecule has 3 aromatic carbocycles. The van der Waals surface area contributed by atoms with Crippen LogP contribution in [0.1, 0.15) is 5.76 Å². The second-order valence-electron chi connectivity index (χ2n) is 6.54. The normalized spacial score (nSPS) is 11.6. The summed E-state index contributed by atoms with van der Waals surface area (Å²) in [5.41, 5.74) is 3.20. The summed E-state index contributed by atoms with van der Waals surface area (Å²) >= 11 is 0. The van der Waals surface area contributed by atoms with E-state index in [1.165, 1.54) is 12.1 Å². The highest BCUT2D eigenvalue weighted by Crippen LogP contribution is 2.31. The Balaban J connectivity index is 1.40. The lowest BCUT2D eigenvalue weighted by atomic mass is 10.1. The van der Waals surface area contributed by atoms with Crippen molar-refractivity contribution in [3.05, 3.63) is 94.7 Å². The molecule has 6 heteroatoms. The van der Waals surface area contributed by atoms with Gasteiger partial charge in [0.25, 0.3) is 5.69 Å². The predicted octanol–water partition coefficient (Wildman–Crippen LogP) is 6.50. The number of non-ortho nitro benzene ring substituents is 1. The maximum Gasteiger partial charge on any atom is 0.269 e. The number of fused-ring (bicyclic) bond motifs is 3. The first-order valence-electron chi connectivity index (χ1n) is 8.97. The van der Waals surface area contributed by atoms with Gasteiger partial charge in [0.2, 0.25) is 0 Å². The molecule has 29 heavy (non-hydrogen) atoms. The molecule has 0 amide bonds. The summed E-state index contributed by atoms with van der Waals surface area (Å²) in [7, 11) is 0. The number of furan rings is 2. The molecule has 0 aliphatic carbocycles. The lowest BCUT2D eigenvalue weighted by Crippen LogP contribution is -1.86. The smallest absolute Gasteiger partial charge is 0.269 e. The van der Waals surface area contributed by atoms with Crippen molar-refractivity contribution in [2.45, 2.75) is 0 Å². The number of nitro benzene ring substituents is 1. The molecule has 6 nitrogen and oxygen atoms in total. The van der Waals surface area contributed by atoms with Gasteiger partial charge in [-0.3, -0.25) is 15.1 Å². The van der Waals surface area contributed by atoms with Crippen molar-refractivity contribution in [1.82, 2.24) is 0 Å². The number of nitrogens with zero attached hydrogens (tertiary/aromatic N) is 2. The van der Waals surface area contributed by atoms with E-state index in [1.807, 2.05) is 48.5 Å². The van der Waals surface area contributed by atoms with E-state index in [4.69, 9.17) is 8.83 Å². The van der Waals surface area contributed by atoms with Gasteiger partial charge in [-0.2, -0.15) is 0 Å². The summed E-state index contributed by atoms with van der Waals surface area (Å²) in [4.78, 5) is 14.8. The second kappa shape index (κ2) is 6.76. The summed E-state index contributed by atoms with van der Waals surface area (Å²) < 4.78 is 11.7. The summed E-state index contributed by atoms with van der Waals surface area (Å²) in [6.07, 6.45) is 1.64. The third-order valence-corrected chi connectivity index (χ3v) is 4.69. The number of aliphatic imine (C=N–C) groups is 1. The third kappa shape index (κ3) is 3.17. The molecule has 0 aliphatic heterocycles. The molecule has 0 N–H and O–H groups in total. The maximum atomic E-state index is 10.8. The van der Waals surface area contributed by atoms with Gasteiger partial charge >= 0.3 is 0 Å². The molecule has 0 atom stereocenters. The monoisotopic (exact) mass is 382 g/mol. The zero-order valence-electron chi connectivity index (χ0n) is 15.1. The zero-order valence-corrected chi connectivity index (χ0v) is 15.1. The molecule has 2 heterocycles. The molecule has 0 saturated carbocycles. The molecule has 0 saturated heterocycles. The number of hydrogen-bond acceptors (Lipinski definition) is 5. The average Bonchev–Trinajstić information content (AvgIpc) is 3.36. The highest BCUT2D eigenvalue weighted by atomic mass is 16.6. The van der Waals surface area contributed by atoms with Crippen LogP contribution in [0.25, 0.3) is 33.3 Å². The Morgan fingerprint density at radius 1 is 0.828 bits per heavy atom. The van der Waals surface area contributed by atoms with E-state index in [1.54, 1.807) is 24.4 Å². The van der Waals surface area contributed by atoms with Crippen LogP contribution in [0.2, 0.25) is 0 Å². The van der Waals surface area contributed by atoms with Crippen LogP contribution >= 0.6 is 0 Å². The van der Waals surface area contributed by atoms with E-state index >= 15 is 0 Å². The van der Waals surface area contributed by atoms with Crippen LogP contribution in [0.5, 0.6) is 0 Å². The molecule has 140 valence electrons. The van der Waals surface area contributed by atoms with Crippen molar-refractivity contribution in [2.75, 3.05) is 0 Å². The Kier molecular flexibility index (Phi) is 3.95. The number of benzene rings is 3. The molecule has 0 spiro atoms. The van der Waals surface area contributed by atoms with Crippen LogP contribution in [-0.4, -0.2) is 11.1 Å². The molecule has 5 aromatic rings. The summed E-state index contributed by atoms with van der Waals surface area (Å²) in [6, 6.07) is 23.6. The van der Waals surface area contributed by atoms with E-state index in [2.05, 4.69) is 4.99 Å². The van der Waals surface area contributed by atoms with E-state index in [9.17, 15) is 10.1 Å². The van der Waals surface area contributed by atoms with Crippen LogP contribution in [-0.2, 0) is 0 Å². The van der Waals surface area contributed by atoms with Gasteiger partial charge in [-0.15, -0.1) is 0 Å². The fourth-order valence-corrected chi connectivity index (χ4v) is 3.26. The lowest BCUT2D eigenvalue weighted by molar-refractivity contribution is -0.384. The predicted molar refractivity (Wildman–Crippen MR) is 112 cm³/mol. The van der Waals surface area contributed by atoms with Gasteiger partial charge in [0.1, 0.15) is 22.7 Å². The number of rotatable bonds is 4. The highest BCUT2D eigenvalue weighted by molar-refractivity contribution is 6.05. The van der Waals surface area contributed by atoms with Crippen LogP contribution in [0, 0.1) is 10.1 Å². The Bertz CT molecular complexity index is 1380. The Morgan fingerprint density at radius 2 is 1.62 bits per heavy atom. The second-order valence-corrected chi connectivity index (χ2v) is 6.54. The quantitative estimate of drug-likeness (QED) is 0.202. The van der Waals surface area contributed by atoms with Crippen molar-refractivity contribution in [3.63, 3.8) is 0 Å². The topological polar surface area (TPSA) is 81.8 Å². The average molecular weight is 382 g/mol. The third-order valence-electron chi connectivity index (χ3n) is 4.69. The first-order valence-corrected chi connectivity index (χ1v) is 8.97. The molecular formula is C23H14N2O4.